The standard InChI is InChI=1S/C17H21FN2O/c1-10(2)20-12(4)9-14(13(20)5)17(21)19-16-7-6-11(3)8-15(16)18/h6-10H,1-5H3,(H,19,21). The normalized spacial score (nSPS) is 11.0. The number of aryl methyl sites for hydroxylation is 2. The lowest BCUT2D eigenvalue weighted by Gasteiger charge is -2.13. The second kappa shape index (κ2) is 5.72. The number of carbonyl (C=O) groups is 1. The second-order valence-electron chi connectivity index (χ2n) is 5.69. The largest absolute Gasteiger partial charge is 0.346 e. The van der Waals surface area contributed by atoms with E-state index in [1.807, 2.05) is 26.8 Å². The van der Waals surface area contributed by atoms with Crippen LogP contribution in [-0.2, 0) is 0 Å². The van der Waals surface area contributed by atoms with E-state index in [4.69, 9.17) is 0 Å². The summed E-state index contributed by atoms with van der Waals surface area (Å²) in [5.74, 6) is -0.696. The molecule has 3 nitrogen and oxygen atoms in total. The van der Waals surface area contributed by atoms with E-state index in [-0.39, 0.29) is 17.6 Å². The van der Waals surface area contributed by atoms with Crippen molar-refractivity contribution in [1.29, 1.82) is 0 Å². The van der Waals surface area contributed by atoms with Crippen LogP contribution in [0, 0.1) is 26.6 Å². The van der Waals surface area contributed by atoms with Crippen molar-refractivity contribution >= 4 is 11.6 Å². The van der Waals surface area contributed by atoms with Gasteiger partial charge in [-0.15, -0.1) is 0 Å². The Morgan fingerprint density at radius 1 is 1.19 bits per heavy atom. The maximum Gasteiger partial charge on any atom is 0.257 e. The average molecular weight is 288 g/mol. The van der Waals surface area contributed by atoms with Gasteiger partial charge in [-0.05, 0) is 58.4 Å². The van der Waals surface area contributed by atoms with Crippen LogP contribution in [-0.4, -0.2) is 10.5 Å². The molecule has 0 saturated heterocycles. The molecule has 0 radical (unpaired) electrons. The van der Waals surface area contributed by atoms with Crippen LogP contribution in [0.1, 0.15) is 47.2 Å². The molecule has 112 valence electrons. The number of aromatic nitrogens is 1. The van der Waals surface area contributed by atoms with Gasteiger partial charge in [0.2, 0.25) is 0 Å². The summed E-state index contributed by atoms with van der Waals surface area (Å²) in [4.78, 5) is 12.4. The van der Waals surface area contributed by atoms with Crippen molar-refractivity contribution in [2.24, 2.45) is 0 Å². The minimum absolute atomic E-state index is 0.208. The number of rotatable bonds is 3. The number of halogens is 1. The molecule has 1 heterocycles. The fourth-order valence-corrected chi connectivity index (χ4v) is 2.71. The zero-order chi connectivity index (χ0) is 15.7. The lowest BCUT2D eigenvalue weighted by molar-refractivity contribution is 0.102. The first kappa shape index (κ1) is 15.3. The van der Waals surface area contributed by atoms with E-state index >= 15 is 0 Å². The highest BCUT2D eigenvalue weighted by Crippen LogP contribution is 2.22. The maximum absolute atomic E-state index is 13.8. The molecule has 21 heavy (non-hydrogen) atoms. The molecule has 0 spiro atoms. The van der Waals surface area contributed by atoms with Crippen LogP contribution in [0.4, 0.5) is 10.1 Å². The highest BCUT2D eigenvalue weighted by molar-refractivity contribution is 6.05. The van der Waals surface area contributed by atoms with Gasteiger partial charge in [-0.1, -0.05) is 6.07 Å². The summed E-state index contributed by atoms with van der Waals surface area (Å²) < 4.78 is 15.9. The minimum atomic E-state index is -0.416. The molecule has 0 saturated carbocycles. The number of amides is 1. The van der Waals surface area contributed by atoms with Crippen molar-refractivity contribution < 1.29 is 9.18 Å². The van der Waals surface area contributed by atoms with Crippen LogP contribution in [0.25, 0.3) is 0 Å². The van der Waals surface area contributed by atoms with Crippen molar-refractivity contribution in [2.45, 2.75) is 40.7 Å². The molecule has 1 aromatic heterocycles. The van der Waals surface area contributed by atoms with E-state index in [9.17, 15) is 9.18 Å². The Bertz CT molecular complexity index is 686. The summed E-state index contributed by atoms with van der Waals surface area (Å²) >= 11 is 0. The topological polar surface area (TPSA) is 34.0 Å². The molecule has 4 heteroatoms. The van der Waals surface area contributed by atoms with Crippen molar-refractivity contribution in [3.05, 3.63) is 52.6 Å². The molecular formula is C17H21FN2O. The zero-order valence-corrected chi connectivity index (χ0v) is 13.1. The number of nitrogens with one attached hydrogen (secondary N) is 1. The predicted octanol–water partition coefficient (Wildman–Crippen LogP) is 4.39. The monoisotopic (exact) mass is 288 g/mol. The molecule has 0 aliphatic rings. The van der Waals surface area contributed by atoms with E-state index in [0.717, 1.165) is 17.0 Å². The average Bonchev–Trinajstić information content (AvgIpc) is 2.68. The fourth-order valence-electron chi connectivity index (χ4n) is 2.71. The number of hydrogen-bond acceptors (Lipinski definition) is 1. The Balaban J connectivity index is 2.31. The van der Waals surface area contributed by atoms with Crippen molar-refractivity contribution in [3.63, 3.8) is 0 Å². The molecule has 0 unspecified atom stereocenters. The molecule has 2 rings (SSSR count). The second-order valence-corrected chi connectivity index (χ2v) is 5.69. The first-order valence-corrected chi connectivity index (χ1v) is 7.07. The van der Waals surface area contributed by atoms with Gasteiger partial charge in [-0.25, -0.2) is 4.39 Å². The van der Waals surface area contributed by atoms with Gasteiger partial charge in [0.05, 0.1) is 11.3 Å². The van der Waals surface area contributed by atoms with Gasteiger partial charge in [0, 0.05) is 17.4 Å². The smallest absolute Gasteiger partial charge is 0.257 e. The number of carbonyl (C=O) groups excluding carboxylic acids is 1. The molecular weight excluding hydrogens is 267 g/mol. The third-order valence-electron chi connectivity index (χ3n) is 3.62. The van der Waals surface area contributed by atoms with E-state index in [2.05, 4.69) is 23.7 Å². The lowest BCUT2D eigenvalue weighted by Crippen LogP contribution is -2.14. The highest BCUT2D eigenvalue weighted by atomic mass is 19.1. The Labute approximate surface area is 124 Å². The maximum atomic E-state index is 13.8. The Hall–Kier alpha value is -2.10. The fraction of sp³-hybridized carbons (Fsp3) is 0.353. The minimum Gasteiger partial charge on any atom is -0.346 e. The van der Waals surface area contributed by atoms with Crippen LogP contribution >= 0.6 is 0 Å². The molecule has 0 atom stereocenters. The molecule has 2 aromatic rings. The Morgan fingerprint density at radius 3 is 2.38 bits per heavy atom. The number of hydrogen-bond donors (Lipinski definition) is 1. The Morgan fingerprint density at radius 2 is 1.86 bits per heavy atom. The van der Waals surface area contributed by atoms with Crippen LogP contribution in [0.2, 0.25) is 0 Å². The zero-order valence-electron chi connectivity index (χ0n) is 13.1. The molecule has 1 N–H and O–H groups in total. The summed E-state index contributed by atoms with van der Waals surface area (Å²) in [5, 5.41) is 2.65. The van der Waals surface area contributed by atoms with Crippen LogP contribution in [0.15, 0.2) is 24.3 Å². The van der Waals surface area contributed by atoms with Gasteiger partial charge < -0.3 is 9.88 Å². The van der Waals surface area contributed by atoms with Crippen LogP contribution in [0.3, 0.4) is 0 Å². The van der Waals surface area contributed by atoms with Gasteiger partial charge in [-0.3, -0.25) is 4.79 Å². The summed E-state index contributed by atoms with van der Waals surface area (Å²) in [6, 6.07) is 6.90. The van der Waals surface area contributed by atoms with Gasteiger partial charge >= 0.3 is 0 Å². The Kier molecular flexibility index (Phi) is 4.16. The van der Waals surface area contributed by atoms with Gasteiger partial charge in [-0.2, -0.15) is 0 Å². The number of anilines is 1. The summed E-state index contributed by atoms with van der Waals surface area (Å²) in [5.41, 5.74) is 3.54. The summed E-state index contributed by atoms with van der Waals surface area (Å²) in [6.45, 7) is 9.83. The molecule has 0 aliphatic carbocycles. The first-order chi connectivity index (χ1) is 9.81. The molecule has 0 bridgehead atoms. The quantitative estimate of drug-likeness (QED) is 0.893. The van der Waals surface area contributed by atoms with Crippen LogP contribution < -0.4 is 5.32 Å². The molecule has 1 aromatic carbocycles. The van der Waals surface area contributed by atoms with E-state index in [1.165, 1.54) is 6.07 Å². The third kappa shape index (κ3) is 2.99. The van der Waals surface area contributed by atoms with Crippen LogP contribution in [0.5, 0.6) is 0 Å². The third-order valence-corrected chi connectivity index (χ3v) is 3.62. The summed E-state index contributed by atoms with van der Waals surface area (Å²) in [7, 11) is 0. The van der Waals surface area contributed by atoms with E-state index in [0.29, 0.717) is 5.56 Å². The number of benzene rings is 1. The lowest BCUT2D eigenvalue weighted by atomic mass is 10.2. The SMILES string of the molecule is Cc1ccc(NC(=O)c2cc(C)n(C(C)C)c2C)c(F)c1. The number of nitrogens with zero attached hydrogens (tertiary/aromatic N) is 1. The molecule has 0 fully saturated rings. The molecule has 1 amide bonds. The molecule has 0 aliphatic heterocycles. The highest BCUT2D eigenvalue weighted by Gasteiger charge is 2.18. The predicted molar refractivity (Wildman–Crippen MR) is 83.4 cm³/mol. The first-order valence-electron chi connectivity index (χ1n) is 7.07. The van der Waals surface area contributed by atoms with E-state index in [1.54, 1.807) is 12.1 Å². The van der Waals surface area contributed by atoms with Crippen molar-refractivity contribution in [1.82, 2.24) is 4.57 Å². The van der Waals surface area contributed by atoms with Crippen molar-refractivity contribution in [2.75, 3.05) is 5.32 Å². The van der Waals surface area contributed by atoms with Gasteiger partial charge in [0.15, 0.2) is 0 Å². The van der Waals surface area contributed by atoms with Gasteiger partial charge in [0.25, 0.3) is 5.91 Å². The van der Waals surface area contributed by atoms with Crippen molar-refractivity contribution in [3.8, 4) is 0 Å². The summed E-state index contributed by atoms with van der Waals surface area (Å²) in [6.07, 6.45) is 0. The van der Waals surface area contributed by atoms with E-state index < -0.39 is 5.82 Å². The van der Waals surface area contributed by atoms with Gasteiger partial charge in [0.1, 0.15) is 5.82 Å².